The van der Waals surface area contributed by atoms with E-state index in [2.05, 4.69) is 18.8 Å². The van der Waals surface area contributed by atoms with E-state index in [-0.39, 0.29) is 0 Å². The van der Waals surface area contributed by atoms with Crippen molar-refractivity contribution < 1.29 is 4.73 Å². The molecule has 0 saturated carbocycles. The fourth-order valence-corrected chi connectivity index (χ4v) is 4.35. The van der Waals surface area contributed by atoms with Gasteiger partial charge in [-0.25, -0.2) is 4.73 Å². The maximum Gasteiger partial charge on any atom is 0.309 e. The van der Waals surface area contributed by atoms with E-state index < -0.39 is 0 Å². The van der Waals surface area contributed by atoms with Crippen molar-refractivity contribution in [2.45, 2.75) is 27.2 Å². The van der Waals surface area contributed by atoms with Gasteiger partial charge in [0.1, 0.15) is 17.1 Å². The number of nitrogens with zero attached hydrogens (tertiary/aromatic N) is 3. The number of fused-ring (bicyclic) bond motifs is 1. The number of rotatable bonds is 6. The highest BCUT2D eigenvalue weighted by Crippen LogP contribution is 2.23. The van der Waals surface area contributed by atoms with Gasteiger partial charge in [0.25, 0.3) is 0 Å². The molecule has 0 radical (unpaired) electrons. The van der Waals surface area contributed by atoms with Crippen LogP contribution in [-0.4, -0.2) is 25.2 Å². The first-order valence-electron chi connectivity index (χ1n) is 7.15. The normalized spacial score (nSPS) is 10.9. The summed E-state index contributed by atoms with van der Waals surface area (Å²) in [6.45, 7) is 5.99. The summed E-state index contributed by atoms with van der Waals surface area (Å²) >= 11 is 8.82. The van der Waals surface area contributed by atoms with Gasteiger partial charge in [-0.1, -0.05) is 38.2 Å². The number of aryl methyl sites for hydroxylation is 1. The van der Waals surface area contributed by atoms with Crippen molar-refractivity contribution in [3.63, 3.8) is 0 Å². The van der Waals surface area contributed by atoms with Gasteiger partial charge in [0.15, 0.2) is 5.52 Å². The predicted octanol–water partition coefficient (Wildman–Crippen LogP) is 3.68. The van der Waals surface area contributed by atoms with Crippen LogP contribution in [-0.2, 0) is 6.42 Å². The van der Waals surface area contributed by atoms with Crippen LogP contribution in [0.15, 0.2) is 24.3 Å². The molecule has 7 heteroatoms. The summed E-state index contributed by atoms with van der Waals surface area (Å²) in [5, 5.41) is 13.3. The summed E-state index contributed by atoms with van der Waals surface area (Å²) in [7, 11) is 0. The molecule has 4 nitrogen and oxygen atoms in total. The third kappa shape index (κ3) is 3.83. The monoisotopic (exact) mass is 353 g/mol. The molecule has 0 aliphatic rings. The minimum absolute atomic E-state index is 0.379. The van der Waals surface area contributed by atoms with Crippen molar-refractivity contribution in [2.75, 3.05) is 11.5 Å². The molecule has 0 atom stereocenters. The van der Waals surface area contributed by atoms with Gasteiger partial charge in [-0.2, -0.15) is 0 Å². The van der Waals surface area contributed by atoms with Crippen molar-refractivity contribution in [3.05, 3.63) is 41.0 Å². The van der Waals surface area contributed by atoms with E-state index in [4.69, 9.17) is 12.2 Å². The standard InChI is InChI=1S/C15H19N3OS3/c1-4-21-18(22-5-2)15(20)10-14-16-13-9-7-6-8-12(13)11(3)17(14)19/h6-9H,4-5,10H2,1-3H3. The quantitative estimate of drug-likeness (QED) is 0.341. The zero-order chi connectivity index (χ0) is 16.1. The molecule has 0 unspecified atom stereocenters. The first-order valence-corrected chi connectivity index (χ1v) is 9.44. The fraction of sp³-hybridized carbons (Fsp3) is 0.400. The average molecular weight is 354 g/mol. The van der Waals surface area contributed by atoms with Crippen LogP contribution < -0.4 is 4.73 Å². The minimum Gasteiger partial charge on any atom is -0.711 e. The number of benzene rings is 1. The fourth-order valence-electron chi connectivity index (χ4n) is 2.09. The largest absolute Gasteiger partial charge is 0.711 e. The van der Waals surface area contributed by atoms with Crippen LogP contribution in [0.3, 0.4) is 0 Å². The Morgan fingerprint density at radius 1 is 1.27 bits per heavy atom. The highest BCUT2D eigenvalue weighted by Gasteiger charge is 2.20. The second-order valence-corrected chi connectivity index (χ2v) is 7.69. The molecule has 0 aliphatic carbocycles. The van der Waals surface area contributed by atoms with Crippen LogP contribution >= 0.6 is 36.1 Å². The van der Waals surface area contributed by atoms with Crippen LogP contribution in [0.5, 0.6) is 0 Å². The van der Waals surface area contributed by atoms with Gasteiger partial charge in [0.2, 0.25) is 0 Å². The van der Waals surface area contributed by atoms with Crippen LogP contribution in [0.2, 0.25) is 0 Å². The highest BCUT2D eigenvalue weighted by molar-refractivity contribution is 8.13. The molecule has 0 aliphatic heterocycles. The third-order valence-electron chi connectivity index (χ3n) is 3.09. The van der Waals surface area contributed by atoms with Crippen molar-refractivity contribution in [1.82, 2.24) is 8.69 Å². The van der Waals surface area contributed by atoms with Gasteiger partial charge in [-0.05, 0) is 47.9 Å². The van der Waals surface area contributed by atoms with Gasteiger partial charge in [0, 0.05) is 11.5 Å². The molecule has 1 aromatic heterocycles. The Hall–Kier alpha value is -1.05. The number of para-hydroxylation sites is 1. The lowest BCUT2D eigenvalue weighted by molar-refractivity contribution is -0.621. The number of hydrogen-bond donors (Lipinski definition) is 0. The first kappa shape index (κ1) is 17.3. The zero-order valence-electron chi connectivity index (χ0n) is 12.9. The molecule has 0 saturated heterocycles. The number of thiocarbonyl (C=S) groups is 1. The summed E-state index contributed by atoms with van der Waals surface area (Å²) in [6, 6.07) is 7.69. The maximum atomic E-state index is 12.4. The predicted molar refractivity (Wildman–Crippen MR) is 99.8 cm³/mol. The molecule has 22 heavy (non-hydrogen) atoms. The third-order valence-corrected chi connectivity index (χ3v) is 5.70. The molecular formula is C15H19N3OS3. The summed E-state index contributed by atoms with van der Waals surface area (Å²) in [5.74, 6) is 2.34. The van der Waals surface area contributed by atoms with Crippen LogP contribution in [0.25, 0.3) is 10.9 Å². The number of hydrogen-bond acceptors (Lipinski definition) is 5. The Bertz CT molecular complexity index is 672. The lowest BCUT2D eigenvalue weighted by Gasteiger charge is -2.21. The summed E-state index contributed by atoms with van der Waals surface area (Å²) in [6.07, 6.45) is 0.379. The van der Waals surface area contributed by atoms with Gasteiger partial charge >= 0.3 is 5.82 Å². The van der Waals surface area contributed by atoms with Crippen molar-refractivity contribution in [2.24, 2.45) is 0 Å². The molecule has 2 rings (SSSR count). The lowest BCUT2D eigenvalue weighted by atomic mass is 10.2. The maximum absolute atomic E-state index is 12.4. The molecule has 0 spiro atoms. The molecule has 2 aromatic rings. The summed E-state index contributed by atoms with van der Waals surface area (Å²) in [4.78, 5) is 5.22. The highest BCUT2D eigenvalue weighted by atomic mass is 32.2. The van der Waals surface area contributed by atoms with Crippen molar-refractivity contribution in [1.29, 1.82) is 0 Å². The van der Waals surface area contributed by atoms with E-state index in [9.17, 15) is 5.21 Å². The topological polar surface area (TPSA) is 43.1 Å². The second kappa shape index (κ2) is 7.99. The van der Waals surface area contributed by atoms with E-state index >= 15 is 0 Å². The smallest absolute Gasteiger partial charge is 0.309 e. The van der Waals surface area contributed by atoms with E-state index in [1.807, 2.05) is 34.9 Å². The van der Waals surface area contributed by atoms with Crippen molar-refractivity contribution >= 4 is 52.0 Å². The van der Waals surface area contributed by atoms with E-state index in [0.29, 0.717) is 17.9 Å². The Morgan fingerprint density at radius 2 is 1.91 bits per heavy atom. The molecule has 1 heterocycles. The minimum atomic E-state index is 0.379. The summed E-state index contributed by atoms with van der Waals surface area (Å²) < 4.78 is 2.92. The Morgan fingerprint density at radius 3 is 2.55 bits per heavy atom. The van der Waals surface area contributed by atoms with E-state index in [1.54, 1.807) is 23.9 Å². The lowest BCUT2D eigenvalue weighted by Crippen LogP contribution is -2.39. The van der Waals surface area contributed by atoms with Gasteiger partial charge in [-0.15, -0.1) is 0 Å². The van der Waals surface area contributed by atoms with Gasteiger partial charge in [0.05, 0.1) is 5.39 Å². The Kier molecular flexibility index (Phi) is 6.28. The van der Waals surface area contributed by atoms with E-state index in [1.165, 1.54) is 0 Å². The number of aromatic nitrogens is 2. The molecule has 0 bridgehead atoms. The molecule has 0 N–H and O–H groups in total. The van der Waals surface area contributed by atoms with E-state index in [0.717, 1.165) is 32.1 Å². The Balaban J connectivity index is 2.30. The Labute approximate surface area is 145 Å². The van der Waals surface area contributed by atoms with Crippen LogP contribution in [0.4, 0.5) is 0 Å². The summed E-state index contributed by atoms with van der Waals surface area (Å²) in [5.41, 5.74) is 1.50. The van der Waals surface area contributed by atoms with Crippen LogP contribution in [0.1, 0.15) is 25.4 Å². The second-order valence-electron chi connectivity index (χ2n) is 4.59. The molecule has 1 aromatic carbocycles. The SMILES string of the molecule is CCSN(SCC)C(=S)Cc1nc2ccccc2c(C)[n+]1[O-]. The van der Waals surface area contributed by atoms with Gasteiger partial charge < -0.3 is 5.21 Å². The van der Waals surface area contributed by atoms with Crippen LogP contribution in [0, 0.1) is 12.1 Å². The average Bonchev–Trinajstić information content (AvgIpc) is 2.52. The molecule has 0 fully saturated rings. The van der Waals surface area contributed by atoms with Gasteiger partial charge in [-0.3, -0.25) is 3.71 Å². The molecule has 118 valence electrons. The first-order chi connectivity index (χ1) is 10.6. The molecular weight excluding hydrogens is 334 g/mol. The molecule has 0 amide bonds. The zero-order valence-corrected chi connectivity index (χ0v) is 15.4. The van der Waals surface area contributed by atoms with Crippen molar-refractivity contribution in [3.8, 4) is 0 Å².